The van der Waals surface area contributed by atoms with Crippen molar-refractivity contribution < 1.29 is 4.42 Å². The van der Waals surface area contributed by atoms with Gasteiger partial charge in [-0.25, -0.2) is 9.97 Å². The maximum Gasteiger partial charge on any atom is 0.160 e. The van der Waals surface area contributed by atoms with Crippen LogP contribution in [0.2, 0.25) is 0 Å². The lowest BCUT2D eigenvalue weighted by Gasteiger charge is -2.34. The first kappa shape index (κ1) is 33.7. The lowest BCUT2D eigenvalue weighted by Crippen LogP contribution is -2.28. The molecule has 2 heterocycles. The minimum Gasteiger partial charge on any atom is -0.455 e. The van der Waals surface area contributed by atoms with E-state index in [9.17, 15) is 0 Å². The Kier molecular flexibility index (Phi) is 7.19. The van der Waals surface area contributed by atoms with Crippen LogP contribution in [0.3, 0.4) is 0 Å². The van der Waals surface area contributed by atoms with E-state index < -0.39 is 5.41 Å². The molecule has 0 fully saturated rings. The van der Waals surface area contributed by atoms with Gasteiger partial charge in [0.05, 0.1) is 16.8 Å². The molecule has 0 N–H and O–H groups in total. The fraction of sp³-hybridized carbons (Fsp3) is 0.0714. The number of rotatable bonds is 5. The Labute approximate surface area is 343 Å². The molecule has 0 aliphatic heterocycles. The lowest BCUT2D eigenvalue weighted by molar-refractivity contribution is 0.660. The van der Waals surface area contributed by atoms with Gasteiger partial charge in [-0.05, 0) is 79.9 Å². The molecule has 0 bridgehead atoms. The summed E-state index contributed by atoms with van der Waals surface area (Å²) in [6, 6.07) is 69.9. The SMILES string of the molecule is CC1(C)c2ccccc2-c2c(-c3cc(-c4cccc5c4oc4ccccc45)nc(-c4ccc5c(c4)C(c4ccccc4)(c4ccccc4)c4ccccc4-5)n3)cccc21. The van der Waals surface area contributed by atoms with Gasteiger partial charge >= 0.3 is 0 Å². The van der Waals surface area contributed by atoms with E-state index in [4.69, 9.17) is 14.4 Å². The molecule has 0 saturated heterocycles. The Balaban J connectivity index is 1.14. The molecule has 12 rings (SSSR count). The fourth-order valence-electron chi connectivity index (χ4n) is 10.4. The van der Waals surface area contributed by atoms with Crippen molar-refractivity contribution in [2.45, 2.75) is 24.7 Å². The third-order valence-electron chi connectivity index (χ3n) is 13.0. The van der Waals surface area contributed by atoms with Gasteiger partial charge in [0.2, 0.25) is 0 Å². The first-order chi connectivity index (χ1) is 29.0. The normalized spacial score (nSPS) is 14.2. The Morgan fingerprint density at radius 2 is 0.966 bits per heavy atom. The molecule has 2 aliphatic carbocycles. The van der Waals surface area contributed by atoms with Crippen molar-refractivity contribution in [1.82, 2.24) is 9.97 Å². The second-order valence-corrected chi connectivity index (χ2v) is 16.4. The summed E-state index contributed by atoms with van der Waals surface area (Å²) in [7, 11) is 0. The standard InChI is InChI=1S/C56H38N2O/c1-55(2)45-27-12-10-23-42(45)52-43(25-16-29-47(52)55)49-34-50(44-26-15-24-41-40-22-11-14-30-51(40)59-53(41)44)58-54(57-49)35-31-32-39-38-21-9-13-28-46(38)56(48(39)33-35,36-17-5-3-6-18-36)37-19-7-4-8-20-37/h3-34H,1-2H3. The van der Waals surface area contributed by atoms with E-state index >= 15 is 0 Å². The zero-order valence-corrected chi connectivity index (χ0v) is 32.8. The summed E-state index contributed by atoms with van der Waals surface area (Å²) in [5.41, 5.74) is 18.2. The van der Waals surface area contributed by atoms with E-state index in [0.29, 0.717) is 5.82 Å². The van der Waals surface area contributed by atoms with E-state index in [1.807, 2.05) is 12.1 Å². The van der Waals surface area contributed by atoms with Gasteiger partial charge in [0.15, 0.2) is 5.82 Å². The third-order valence-corrected chi connectivity index (χ3v) is 13.0. The monoisotopic (exact) mass is 754 g/mol. The van der Waals surface area contributed by atoms with Crippen LogP contribution in [0.1, 0.15) is 47.2 Å². The zero-order chi connectivity index (χ0) is 39.3. The molecule has 278 valence electrons. The van der Waals surface area contributed by atoms with Gasteiger partial charge in [-0.15, -0.1) is 0 Å². The number of nitrogens with zero attached hydrogens (tertiary/aromatic N) is 2. The molecule has 0 unspecified atom stereocenters. The molecule has 10 aromatic rings. The summed E-state index contributed by atoms with van der Waals surface area (Å²) in [6.07, 6.45) is 0. The highest BCUT2D eigenvalue weighted by Gasteiger charge is 2.46. The highest BCUT2D eigenvalue weighted by atomic mass is 16.3. The minimum atomic E-state index is -0.541. The van der Waals surface area contributed by atoms with Crippen LogP contribution in [0.4, 0.5) is 0 Å². The largest absolute Gasteiger partial charge is 0.455 e. The van der Waals surface area contributed by atoms with Gasteiger partial charge in [0.1, 0.15) is 11.2 Å². The minimum absolute atomic E-state index is 0.145. The van der Waals surface area contributed by atoms with Crippen LogP contribution >= 0.6 is 0 Å². The van der Waals surface area contributed by atoms with Crippen LogP contribution in [-0.4, -0.2) is 9.97 Å². The summed E-state index contributed by atoms with van der Waals surface area (Å²) in [4.78, 5) is 11.0. The van der Waals surface area contributed by atoms with Crippen LogP contribution in [0.25, 0.3) is 78.1 Å². The number of hydrogen-bond acceptors (Lipinski definition) is 3. The molecular weight excluding hydrogens is 717 g/mol. The number of para-hydroxylation sites is 2. The van der Waals surface area contributed by atoms with Crippen LogP contribution in [0.5, 0.6) is 0 Å². The van der Waals surface area contributed by atoms with Crippen molar-refractivity contribution in [3.63, 3.8) is 0 Å². The van der Waals surface area contributed by atoms with E-state index in [1.165, 1.54) is 55.6 Å². The summed E-state index contributed by atoms with van der Waals surface area (Å²) in [5, 5.41) is 2.16. The quantitative estimate of drug-likeness (QED) is 0.176. The van der Waals surface area contributed by atoms with Crippen LogP contribution in [0, 0.1) is 0 Å². The summed E-state index contributed by atoms with van der Waals surface area (Å²) < 4.78 is 6.64. The first-order valence-corrected chi connectivity index (χ1v) is 20.4. The molecule has 2 aliphatic rings. The van der Waals surface area contributed by atoms with E-state index in [1.54, 1.807) is 0 Å². The molecule has 0 radical (unpaired) electrons. The summed E-state index contributed by atoms with van der Waals surface area (Å²) in [5.74, 6) is 0.669. The van der Waals surface area contributed by atoms with E-state index in [0.717, 1.165) is 50.0 Å². The second kappa shape index (κ2) is 12.6. The van der Waals surface area contributed by atoms with Crippen LogP contribution in [0.15, 0.2) is 199 Å². The predicted octanol–water partition coefficient (Wildman–Crippen LogP) is 14.0. The van der Waals surface area contributed by atoms with Crippen LogP contribution in [-0.2, 0) is 10.8 Å². The van der Waals surface area contributed by atoms with E-state index in [-0.39, 0.29) is 5.41 Å². The third kappa shape index (κ3) is 4.76. The Bertz CT molecular complexity index is 3260. The number of benzene rings is 8. The maximum atomic E-state index is 6.64. The predicted molar refractivity (Wildman–Crippen MR) is 240 cm³/mol. The fourth-order valence-corrected chi connectivity index (χ4v) is 10.4. The highest BCUT2D eigenvalue weighted by Crippen LogP contribution is 2.57. The van der Waals surface area contributed by atoms with Crippen molar-refractivity contribution in [2.75, 3.05) is 0 Å². The lowest BCUT2D eigenvalue weighted by atomic mass is 9.67. The topological polar surface area (TPSA) is 38.9 Å². The highest BCUT2D eigenvalue weighted by molar-refractivity contribution is 6.09. The van der Waals surface area contributed by atoms with Crippen molar-refractivity contribution in [2.24, 2.45) is 0 Å². The molecular formula is C56H38N2O. The molecule has 0 atom stereocenters. The van der Waals surface area contributed by atoms with E-state index in [2.05, 4.69) is 196 Å². The van der Waals surface area contributed by atoms with Crippen molar-refractivity contribution in [1.29, 1.82) is 0 Å². The molecule has 0 spiro atoms. The van der Waals surface area contributed by atoms with Gasteiger partial charge in [0.25, 0.3) is 0 Å². The molecule has 3 heteroatoms. The zero-order valence-electron chi connectivity index (χ0n) is 32.8. The maximum absolute atomic E-state index is 6.64. The molecule has 0 amide bonds. The van der Waals surface area contributed by atoms with Gasteiger partial charge in [-0.2, -0.15) is 0 Å². The number of aromatic nitrogens is 2. The Morgan fingerprint density at radius 3 is 1.75 bits per heavy atom. The first-order valence-electron chi connectivity index (χ1n) is 20.4. The average molecular weight is 755 g/mol. The molecule has 59 heavy (non-hydrogen) atoms. The van der Waals surface area contributed by atoms with Gasteiger partial charge < -0.3 is 4.42 Å². The van der Waals surface area contributed by atoms with Crippen molar-refractivity contribution in [3.8, 4) is 56.2 Å². The number of furan rings is 1. The molecule has 8 aromatic carbocycles. The Hall–Kier alpha value is -7.36. The number of hydrogen-bond donors (Lipinski definition) is 0. The summed E-state index contributed by atoms with van der Waals surface area (Å²) in [6.45, 7) is 4.66. The molecule has 0 saturated carbocycles. The second-order valence-electron chi connectivity index (χ2n) is 16.4. The Morgan fingerprint density at radius 1 is 0.407 bits per heavy atom. The molecule has 3 nitrogen and oxygen atoms in total. The smallest absolute Gasteiger partial charge is 0.160 e. The van der Waals surface area contributed by atoms with Gasteiger partial charge in [-0.3, -0.25) is 0 Å². The van der Waals surface area contributed by atoms with Crippen LogP contribution < -0.4 is 0 Å². The van der Waals surface area contributed by atoms with Gasteiger partial charge in [-0.1, -0.05) is 184 Å². The van der Waals surface area contributed by atoms with Crippen molar-refractivity contribution >= 4 is 21.9 Å². The van der Waals surface area contributed by atoms with Gasteiger partial charge in [0, 0.05) is 32.9 Å². The molecule has 2 aromatic heterocycles. The summed E-state index contributed by atoms with van der Waals surface area (Å²) >= 11 is 0. The van der Waals surface area contributed by atoms with Crippen molar-refractivity contribution in [3.05, 3.63) is 228 Å². The number of fused-ring (bicyclic) bond motifs is 9. The average Bonchev–Trinajstić information content (AvgIpc) is 3.91.